The summed E-state index contributed by atoms with van der Waals surface area (Å²) in [6, 6.07) is 5.06. The zero-order valence-corrected chi connectivity index (χ0v) is 12.2. The first-order chi connectivity index (χ1) is 9.42. The number of hydrogen-bond acceptors (Lipinski definition) is 5. The number of phenolic OH excluding ortho intramolecular Hbond substituents is 1. The second kappa shape index (κ2) is 5.54. The molecule has 0 unspecified atom stereocenters. The number of phenols is 1. The molecule has 0 fully saturated rings. The van der Waals surface area contributed by atoms with Gasteiger partial charge in [-0.3, -0.25) is 4.79 Å². The van der Waals surface area contributed by atoms with Crippen molar-refractivity contribution in [1.82, 2.24) is 0 Å². The monoisotopic (exact) mass is 292 g/mol. The lowest BCUT2D eigenvalue weighted by molar-refractivity contribution is 0.0965. The van der Waals surface area contributed by atoms with E-state index < -0.39 is 0 Å². The Hall–Kier alpha value is -2.01. The Balaban J connectivity index is 2.32. The van der Waals surface area contributed by atoms with Crippen LogP contribution >= 0.6 is 11.3 Å². The van der Waals surface area contributed by atoms with Crippen LogP contribution in [-0.2, 0) is 0 Å². The van der Waals surface area contributed by atoms with Gasteiger partial charge >= 0.3 is 0 Å². The smallest absolute Gasteiger partial charge is 0.173 e. The minimum Gasteiger partial charge on any atom is -0.513 e. The third-order valence-corrected chi connectivity index (χ3v) is 4.29. The maximum absolute atomic E-state index is 12.1. The second-order valence-electron chi connectivity index (χ2n) is 4.69. The first kappa shape index (κ1) is 14.4. The predicted molar refractivity (Wildman–Crippen MR) is 79.9 cm³/mol. The molecular formula is C15H16O4S. The number of ketones is 1. The Labute approximate surface area is 120 Å². The molecule has 0 saturated heterocycles. The molecule has 5 heteroatoms. The van der Waals surface area contributed by atoms with Crippen LogP contribution < -0.4 is 4.74 Å². The average molecular weight is 292 g/mol. The number of benzene rings is 1. The largest absolute Gasteiger partial charge is 0.513 e. The van der Waals surface area contributed by atoms with Gasteiger partial charge in [-0.2, -0.15) is 0 Å². The number of aliphatic hydroxyl groups is 1. The highest BCUT2D eigenvalue weighted by molar-refractivity contribution is 7.20. The summed E-state index contributed by atoms with van der Waals surface area (Å²) in [5.74, 6) is 0.131. The van der Waals surface area contributed by atoms with Crippen LogP contribution in [0.1, 0.15) is 23.0 Å². The van der Waals surface area contributed by atoms with Crippen molar-refractivity contribution in [3.8, 4) is 11.5 Å². The lowest BCUT2D eigenvalue weighted by atomic mass is 10.0. The van der Waals surface area contributed by atoms with Crippen molar-refractivity contribution in [2.45, 2.75) is 13.3 Å². The van der Waals surface area contributed by atoms with Crippen LogP contribution in [0.15, 0.2) is 30.5 Å². The zero-order valence-electron chi connectivity index (χ0n) is 11.3. The lowest BCUT2D eigenvalue weighted by Gasteiger charge is -2.06. The summed E-state index contributed by atoms with van der Waals surface area (Å²) >= 11 is 1.32. The number of hydrogen-bond donors (Lipinski definition) is 2. The Morgan fingerprint density at radius 2 is 2.15 bits per heavy atom. The summed E-state index contributed by atoms with van der Waals surface area (Å²) in [5, 5.41) is 19.8. The quantitative estimate of drug-likeness (QED) is 0.648. The van der Waals surface area contributed by atoms with E-state index in [0.29, 0.717) is 10.6 Å². The highest BCUT2D eigenvalue weighted by atomic mass is 32.1. The SMILES string of the molecule is C=C(O)[C@@H](C)CC(=O)c1cc2cc(OC)c(O)cc2s1. The van der Waals surface area contributed by atoms with Gasteiger partial charge in [-0.25, -0.2) is 0 Å². The van der Waals surface area contributed by atoms with Crippen molar-refractivity contribution >= 4 is 27.2 Å². The van der Waals surface area contributed by atoms with E-state index in [1.807, 2.05) is 0 Å². The number of methoxy groups -OCH3 is 1. The van der Waals surface area contributed by atoms with E-state index in [2.05, 4.69) is 6.58 Å². The molecule has 20 heavy (non-hydrogen) atoms. The van der Waals surface area contributed by atoms with Crippen LogP contribution in [-0.4, -0.2) is 23.1 Å². The zero-order chi connectivity index (χ0) is 14.9. The van der Waals surface area contributed by atoms with Crippen molar-refractivity contribution in [2.75, 3.05) is 7.11 Å². The van der Waals surface area contributed by atoms with Crippen molar-refractivity contribution in [2.24, 2.45) is 5.92 Å². The van der Waals surface area contributed by atoms with E-state index in [9.17, 15) is 15.0 Å². The summed E-state index contributed by atoms with van der Waals surface area (Å²) in [6.07, 6.45) is 0.214. The molecule has 0 amide bonds. The van der Waals surface area contributed by atoms with Crippen LogP contribution in [0.4, 0.5) is 0 Å². The van der Waals surface area contributed by atoms with Gasteiger partial charge in [0.25, 0.3) is 0 Å². The number of aromatic hydroxyl groups is 1. The lowest BCUT2D eigenvalue weighted by Crippen LogP contribution is -2.06. The molecule has 1 heterocycles. The molecule has 0 aliphatic heterocycles. The first-order valence-electron chi connectivity index (χ1n) is 6.14. The van der Waals surface area contributed by atoms with Crippen LogP contribution in [0.25, 0.3) is 10.1 Å². The second-order valence-corrected chi connectivity index (χ2v) is 5.78. The van der Waals surface area contributed by atoms with Crippen LogP contribution in [0.2, 0.25) is 0 Å². The van der Waals surface area contributed by atoms with Gasteiger partial charge < -0.3 is 14.9 Å². The number of Topliss-reactive ketones (excluding diaryl/α,β-unsaturated/α-hetero) is 1. The standard InChI is InChI=1S/C15H16O4S/c1-8(9(2)16)4-12(18)15-6-10-5-13(19-3)11(17)7-14(10)20-15/h5-8,16-17H,2,4H2,1,3H3/t8-/m0/s1. The third-order valence-electron chi connectivity index (χ3n) is 3.15. The molecule has 0 aliphatic rings. The summed E-state index contributed by atoms with van der Waals surface area (Å²) < 4.78 is 5.87. The normalized spacial score (nSPS) is 12.3. The topological polar surface area (TPSA) is 66.8 Å². The van der Waals surface area contributed by atoms with E-state index in [1.54, 1.807) is 25.1 Å². The number of thiophene rings is 1. The molecule has 2 N–H and O–H groups in total. The highest BCUT2D eigenvalue weighted by Crippen LogP contribution is 2.36. The molecule has 1 aromatic heterocycles. The molecule has 0 spiro atoms. The van der Waals surface area contributed by atoms with Gasteiger partial charge in [0, 0.05) is 23.1 Å². The maximum Gasteiger partial charge on any atom is 0.173 e. The molecular weight excluding hydrogens is 276 g/mol. The number of ether oxygens (including phenoxy) is 1. The minimum absolute atomic E-state index is 0.0128. The van der Waals surface area contributed by atoms with E-state index >= 15 is 0 Å². The van der Waals surface area contributed by atoms with Crippen molar-refractivity contribution in [3.63, 3.8) is 0 Å². The average Bonchev–Trinajstić information content (AvgIpc) is 2.80. The third kappa shape index (κ3) is 2.77. The minimum atomic E-state index is -0.268. The number of rotatable bonds is 5. The summed E-state index contributed by atoms with van der Waals surface area (Å²) in [5.41, 5.74) is 0. The van der Waals surface area contributed by atoms with Gasteiger partial charge in [0.2, 0.25) is 0 Å². The molecule has 0 radical (unpaired) electrons. The maximum atomic E-state index is 12.1. The predicted octanol–water partition coefficient (Wildman–Crippen LogP) is 3.90. The summed E-state index contributed by atoms with van der Waals surface area (Å²) in [7, 11) is 1.48. The fourth-order valence-corrected chi connectivity index (χ4v) is 2.88. The molecule has 0 saturated carbocycles. The number of carbonyl (C=O) groups is 1. The van der Waals surface area contributed by atoms with Crippen LogP contribution in [0.3, 0.4) is 0 Å². The van der Waals surface area contributed by atoms with Gasteiger partial charge in [0.15, 0.2) is 17.3 Å². The van der Waals surface area contributed by atoms with Crippen LogP contribution in [0.5, 0.6) is 11.5 Å². The Bertz CT molecular complexity index is 672. The van der Waals surface area contributed by atoms with E-state index in [4.69, 9.17) is 4.74 Å². The summed E-state index contributed by atoms with van der Waals surface area (Å²) in [4.78, 5) is 12.7. The molecule has 2 rings (SSSR count). The number of aliphatic hydroxyl groups excluding tert-OH is 1. The number of carbonyl (C=O) groups excluding carboxylic acids is 1. The molecule has 1 aromatic carbocycles. The molecule has 0 aliphatic carbocycles. The van der Waals surface area contributed by atoms with Crippen molar-refractivity contribution in [1.29, 1.82) is 0 Å². The van der Waals surface area contributed by atoms with E-state index in [1.165, 1.54) is 18.4 Å². The summed E-state index contributed by atoms with van der Waals surface area (Å²) in [6.45, 7) is 5.19. The Morgan fingerprint density at radius 3 is 2.75 bits per heavy atom. The first-order valence-corrected chi connectivity index (χ1v) is 6.95. The van der Waals surface area contributed by atoms with Gasteiger partial charge in [-0.05, 0) is 17.5 Å². The van der Waals surface area contributed by atoms with Crippen LogP contribution in [0, 0.1) is 5.92 Å². The van der Waals surface area contributed by atoms with Gasteiger partial charge in [0.1, 0.15) is 0 Å². The van der Waals surface area contributed by atoms with Gasteiger partial charge in [-0.15, -0.1) is 11.3 Å². The van der Waals surface area contributed by atoms with Crippen molar-refractivity contribution < 1.29 is 19.7 Å². The molecule has 0 bridgehead atoms. The molecule has 2 aromatic rings. The molecule has 4 nitrogen and oxygen atoms in total. The van der Waals surface area contributed by atoms with Gasteiger partial charge in [-0.1, -0.05) is 13.5 Å². The van der Waals surface area contributed by atoms with Gasteiger partial charge in [0.05, 0.1) is 17.7 Å². The van der Waals surface area contributed by atoms with Crippen molar-refractivity contribution in [3.05, 3.63) is 35.4 Å². The van der Waals surface area contributed by atoms with E-state index in [-0.39, 0.29) is 29.6 Å². The number of allylic oxidation sites excluding steroid dienone is 1. The molecule has 1 atom stereocenters. The Morgan fingerprint density at radius 1 is 1.45 bits per heavy atom. The number of fused-ring (bicyclic) bond motifs is 1. The molecule has 106 valence electrons. The highest BCUT2D eigenvalue weighted by Gasteiger charge is 2.16. The Kier molecular flexibility index (Phi) is 3.99. The fraction of sp³-hybridized carbons (Fsp3) is 0.267. The van der Waals surface area contributed by atoms with E-state index in [0.717, 1.165) is 10.1 Å². The fourth-order valence-electron chi connectivity index (χ4n) is 1.85.